The van der Waals surface area contributed by atoms with Gasteiger partial charge in [-0.2, -0.15) is 0 Å². The van der Waals surface area contributed by atoms with Crippen molar-refractivity contribution >= 4 is 10.8 Å². The molecule has 1 aromatic carbocycles. The summed E-state index contributed by atoms with van der Waals surface area (Å²) in [4.78, 5) is 4.17. The van der Waals surface area contributed by atoms with E-state index in [1.54, 1.807) is 0 Å². The molecule has 96 valence electrons. The molecule has 0 aliphatic rings. The molecule has 0 unspecified atom stereocenters. The zero-order valence-electron chi connectivity index (χ0n) is 11.5. The molecular formula is C16H22N2. The second-order valence-electron chi connectivity index (χ2n) is 5.14. The fourth-order valence-corrected chi connectivity index (χ4v) is 2.15. The second kappa shape index (κ2) is 5.49. The number of aromatic nitrogens is 1. The molecule has 0 saturated carbocycles. The normalized spacial score (nSPS) is 11.9. The van der Waals surface area contributed by atoms with Crippen LogP contribution >= 0.6 is 0 Å². The third-order valence-corrected chi connectivity index (χ3v) is 4.04. The van der Waals surface area contributed by atoms with E-state index in [0.29, 0.717) is 0 Å². The van der Waals surface area contributed by atoms with Gasteiger partial charge in [0, 0.05) is 29.9 Å². The van der Waals surface area contributed by atoms with Gasteiger partial charge in [0.05, 0.1) is 0 Å². The van der Waals surface area contributed by atoms with Crippen LogP contribution in [0.2, 0.25) is 0 Å². The Morgan fingerprint density at radius 1 is 1.17 bits per heavy atom. The molecule has 1 aromatic heterocycles. The first-order valence-corrected chi connectivity index (χ1v) is 6.75. The summed E-state index contributed by atoms with van der Waals surface area (Å²) in [6.45, 7) is 7.69. The summed E-state index contributed by atoms with van der Waals surface area (Å²) in [5.41, 5.74) is 1.58. The minimum Gasteiger partial charge on any atom is -0.307 e. The topological polar surface area (TPSA) is 24.9 Å². The third-order valence-electron chi connectivity index (χ3n) is 4.04. The Labute approximate surface area is 109 Å². The van der Waals surface area contributed by atoms with Gasteiger partial charge in [0.25, 0.3) is 0 Å². The highest BCUT2D eigenvalue weighted by atomic mass is 15.0. The van der Waals surface area contributed by atoms with E-state index in [1.807, 2.05) is 12.4 Å². The average molecular weight is 242 g/mol. The van der Waals surface area contributed by atoms with Gasteiger partial charge < -0.3 is 5.32 Å². The highest BCUT2D eigenvalue weighted by molar-refractivity contribution is 5.84. The number of pyridine rings is 1. The molecule has 0 aliphatic heterocycles. The van der Waals surface area contributed by atoms with Crippen LogP contribution in [-0.4, -0.2) is 10.5 Å². The van der Waals surface area contributed by atoms with Gasteiger partial charge in [0.1, 0.15) is 0 Å². The first-order valence-electron chi connectivity index (χ1n) is 6.75. The number of nitrogens with one attached hydrogen (secondary N) is 1. The number of hydrogen-bond acceptors (Lipinski definition) is 2. The number of nitrogens with zero attached hydrogens (tertiary/aromatic N) is 1. The zero-order valence-corrected chi connectivity index (χ0v) is 11.5. The van der Waals surface area contributed by atoms with Gasteiger partial charge in [-0.1, -0.05) is 32.0 Å². The standard InChI is InChI=1S/C16H22N2/c1-4-16(3,5-2)18-12-14-8-6-7-13-11-17-10-9-15(13)14/h6-11,18H,4-5,12H2,1-3H3. The fourth-order valence-electron chi connectivity index (χ4n) is 2.15. The van der Waals surface area contributed by atoms with E-state index in [2.05, 4.69) is 55.3 Å². The second-order valence-corrected chi connectivity index (χ2v) is 5.14. The molecule has 0 saturated heterocycles. The van der Waals surface area contributed by atoms with Crippen molar-refractivity contribution in [2.45, 2.75) is 45.7 Å². The lowest BCUT2D eigenvalue weighted by atomic mass is 9.95. The molecule has 0 spiro atoms. The van der Waals surface area contributed by atoms with Crippen molar-refractivity contribution in [1.29, 1.82) is 0 Å². The Kier molecular flexibility index (Phi) is 3.97. The van der Waals surface area contributed by atoms with Crippen molar-refractivity contribution in [3.05, 3.63) is 42.2 Å². The van der Waals surface area contributed by atoms with Crippen LogP contribution in [0, 0.1) is 0 Å². The maximum absolute atomic E-state index is 4.17. The Morgan fingerprint density at radius 2 is 1.94 bits per heavy atom. The van der Waals surface area contributed by atoms with Gasteiger partial charge in [-0.25, -0.2) is 0 Å². The average Bonchev–Trinajstić information content (AvgIpc) is 2.44. The number of fused-ring (bicyclic) bond motifs is 1. The van der Waals surface area contributed by atoms with Crippen molar-refractivity contribution in [1.82, 2.24) is 10.3 Å². The predicted octanol–water partition coefficient (Wildman–Crippen LogP) is 3.90. The zero-order chi connectivity index (χ0) is 13.0. The summed E-state index contributed by atoms with van der Waals surface area (Å²) < 4.78 is 0. The molecule has 2 rings (SSSR count). The minimum absolute atomic E-state index is 0.231. The Hall–Kier alpha value is -1.41. The van der Waals surface area contributed by atoms with E-state index in [1.165, 1.54) is 16.3 Å². The Bertz CT molecular complexity index is 510. The van der Waals surface area contributed by atoms with E-state index in [0.717, 1.165) is 19.4 Å². The van der Waals surface area contributed by atoms with Gasteiger partial charge in [-0.15, -0.1) is 0 Å². The predicted molar refractivity (Wildman–Crippen MR) is 77.6 cm³/mol. The number of hydrogen-bond donors (Lipinski definition) is 1. The smallest absolute Gasteiger partial charge is 0.0346 e. The maximum atomic E-state index is 4.17. The van der Waals surface area contributed by atoms with Crippen LogP contribution < -0.4 is 5.32 Å². The molecule has 18 heavy (non-hydrogen) atoms. The van der Waals surface area contributed by atoms with Gasteiger partial charge in [-0.05, 0) is 36.8 Å². The van der Waals surface area contributed by atoms with Crippen molar-refractivity contribution in [2.75, 3.05) is 0 Å². The van der Waals surface area contributed by atoms with Crippen LogP contribution in [-0.2, 0) is 6.54 Å². The van der Waals surface area contributed by atoms with Crippen LogP contribution in [0.4, 0.5) is 0 Å². The van der Waals surface area contributed by atoms with Crippen LogP contribution in [0.3, 0.4) is 0 Å². The quantitative estimate of drug-likeness (QED) is 0.860. The van der Waals surface area contributed by atoms with Crippen LogP contribution in [0.15, 0.2) is 36.7 Å². The van der Waals surface area contributed by atoms with Gasteiger partial charge in [0.2, 0.25) is 0 Å². The van der Waals surface area contributed by atoms with Crippen LogP contribution in [0.25, 0.3) is 10.8 Å². The van der Waals surface area contributed by atoms with Crippen molar-refractivity contribution in [3.8, 4) is 0 Å². The van der Waals surface area contributed by atoms with E-state index >= 15 is 0 Å². The molecule has 0 fully saturated rings. The molecule has 0 aliphatic carbocycles. The summed E-state index contributed by atoms with van der Waals surface area (Å²) in [6.07, 6.45) is 6.09. The SMILES string of the molecule is CCC(C)(CC)NCc1cccc2cnccc12. The Morgan fingerprint density at radius 3 is 2.67 bits per heavy atom. The first kappa shape index (κ1) is 13.0. The van der Waals surface area contributed by atoms with Gasteiger partial charge in [0.15, 0.2) is 0 Å². The molecule has 2 aromatic rings. The van der Waals surface area contributed by atoms with Crippen molar-refractivity contribution in [2.24, 2.45) is 0 Å². The molecule has 0 atom stereocenters. The maximum Gasteiger partial charge on any atom is 0.0346 e. The lowest BCUT2D eigenvalue weighted by molar-refractivity contribution is 0.330. The summed E-state index contributed by atoms with van der Waals surface area (Å²) >= 11 is 0. The first-order chi connectivity index (χ1) is 8.68. The number of benzene rings is 1. The Balaban J connectivity index is 2.22. The monoisotopic (exact) mass is 242 g/mol. The number of rotatable bonds is 5. The van der Waals surface area contributed by atoms with E-state index in [4.69, 9.17) is 0 Å². The summed E-state index contributed by atoms with van der Waals surface area (Å²) in [6, 6.07) is 8.52. The van der Waals surface area contributed by atoms with E-state index in [9.17, 15) is 0 Å². The lowest BCUT2D eigenvalue weighted by Gasteiger charge is -2.28. The van der Waals surface area contributed by atoms with E-state index in [-0.39, 0.29) is 5.54 Å². The lowest BCUT2D eigenvalue weighted by Crippen LogP contribution is -2.40. The molecule has 0 bridgehead atoms. The molecular weight excluding hydrogens is 220 g/mol. The molecule has 2 nitrogen and oxygen atoms in total. The minimum atomic E-state index is 0.231. The molecule has 1 heterocycles. The van der Waals surface area contributed by atoms with Gasteiger partial charge in [-0.3, -0.25) is 4.98 Å². The molecule has 1 N–H and O–H groups in total. The van der Waals surface area contributed by atoms with Crippen LogP contribution in [0.1, 0.15) is 39.2 Å². The van der Waals surface area contributed by atoms with Gasteiger partial charge >= 0.3 is 0 Å². The molecule has 2 heteroatoms. The molecule has 0 amide bonds. The third kappa shape index (κ3) is 2.70. The van der Waals surface area contributed by atoms with Crippen molar-refractivity contribution in [3.63, 3.8) is 0 Å². The highest BCUT2D eigenvalue weighted by Crippen LogP contribution is 2.20. The fraction of sp³-hybridized carbons (Fsp3) is 0.438. The van der Waals surface area contributed by atoms with Crippen LogP contribution in [0.5, 0.6) is 0 Å². The molecule has 0 radical (unpaired) electrons. The highest BCUT2D eigenvalue weighted by Gasteiger charge is 2.18. The summed E-state index contributed by atoms with van der Waals surface area (Å²) in [5, 5.41) is 6.20. The summed E-state index contributed by atoms with van der Waals surface area (Å²) in [7, 11) is 0. The largest absolute Gasteiger partial charge is 0.307 e. The summed E-state index contributed by atoms with van der Waals surface area (Å²) in [5.74, 6) is 0. The van der Waals surface area contributed by atoms with Crippen molar-refractivity contribution < 1.29 is 0 Å². The van der Waals surface area contributed by atoms with E-state index < -0.39 is 0 Å².